The van der Waals surface area contributed by atoms with E-state index in [1.807, 2.05) is 42.7 Å². The number of para-hydroxylation sites is 1. The Kier molecular flexibility index (Phi) is 4.47. The van der Waals surface area contributed by atoms with Gasteiger partial charge >= 0.3 is 0 Å². The van der Waals surface area contributed by atoms with Gasteiger partial charge in [-0.1, -0.05) is 31.2 Å². The van der Waals surface area contributed by atoms with Crippen molar-refractivity contribution in [3.8, 4) is 0 Å². The molecule has 0 saturated heterocycles. The molecule has 0 heterocycles. The fourth-order valence-electron chi connectivity index (χ4n) is 1.06. The molecule has 2 heteroatoms. The van der Waals surface area contributed by atoms with Crippen LogP contribution in [0.5, 0.6) is 0 Å². The van der Waals surface area contributed by atoms with Gasteiger partial charge in [-0.2, -0.15) is 0 Å². The number of allylic oxidation sites excluding steroid dienone is 1. The van der Waals surface area contributed by atoms with E-state index in [-0.39, 0.29) is 0 Å². The first-order chi connectivity index (χ1) is 6.77. The van der Waals surface area contributed by atoms with Gasteiger partial charge in [-0.25, -0.2) is 4.99 Å². The Bertz CT molecular complexity index is 316. The Morgan fingerprint density at radius 3 is 2.57 bits per heavy atom. The van der Waals surface area contributed by atoms with Crippen molar-refractivity contribution in [1.82, 2.24) is 0 Å². The van der Waals surface area contributed by atoms with Gasteiger partial charge < -0.3 is 0 Å². The lowest BCUT2D eigenvalue weighted by atomic mass is 10.2. The van der Waals surface area contributed by atoms with Crippen LogP contribution in [0, 0.1) is 5.92 Å². The smallest absolute Gasteiger partial charge is 0.0801 e. The lowest BCUT2D eigenvalue weighted by Gasteiger charge is -2.07. The van der Waals surface area contributed by atoms with Crippen molar-refractivity contribution in [3.63, 3.8) is 0 Å². The molecule has 14 heavy (non-hydrogen) atoms. The lowest BCUT2D eigenvalue weighted by Crippen LogP contribution is -2.02. The molecular formula is C12H15NS. The summed E-state index contributed by atoms with van der Waals surface area (Å²) < 4.78 is 0. The maximum atomic E-state index is 4.56. The molecule has 1 aromatic rings. The molecule has 0 aliphatic rings. The molecule has 0 aliphatic carbocycles. The third-order valence-electron chi connectivity index (χ3n) is 1.95. The van der Waals surface area contributed by atoms with Crippen LogP contribution in [0.25, 0.3) is 0 Å². The molecule has 0 bridgehead atoms. The molecule has 0 saturated carbocycles. The van der Waals surface area contributed by atoms with Crippen molar-refractivity contribution in [1.29, 1.82) is 0 Å². The molecule has 1 aromatic carbocycles. The standard InChI is InChI=1S/C12H15NS/c1-4-10(2)12(14-3)13-11-8-6-5-7-9-11/h4-10H,1H2,2-3H3. The number of rotatable bonds is 3. The molecule has 0 radical (unpaired) electrons. The van der Waals surface area contributed by atoms with Crippen LogP contribution in [-0.2, 0) is 0 Å². The molecule has 0 spiro atoms. The van der Waals surface area contributed by atoms with E-state index in [0.29, 0.717) is 5.92 Å². The second-order valence-electron chi connectivity index (χ2n) is 3.01. The van der Waals surface area contributed by atoms with Crippen molar-refractivity contribution in [2.75, 3.05) is 6.26 Å². The van der Waals surface area contributed by atoms with Crippen LogP contribution in [-0.4, -0.2) is 11.3 Å². The van der Waals surface area contributed by atoms with E-state index in [1.54, 1.807) is 11.8 Å². The van der Waals surface area contributed by atoms with Crippen molar-refractivity contribution in [2.24, 2.45) is 10.9 Å². The van der Waals surface area contributed by atoms with E-state index in [1.165, 1.54) is 0 Å². The summed E-state index contributed by atoms with van der Waals surface area (Å²) in [5.41, 5.74) is 1.01. The summed E-state index contributed by atoms with van der Waals surface area (Å²) in [6, 6.07) is 10.00. The zero-order chi connectivity index (χ0) is 10.4. The zero-order valence-electron chi connectivity index (χ0n) is 8.60. The molecule has 0 fully saturated rings. The minimum Gasteiger partial charge on any atom is -0.246 e. The summed E-state index contributed by atoms with van der Waals surface area (Å²) in [6.45, 7) is 5.88. The second-order valence-corrected chi connectivity index (χ2v) is 3.84. The molecular weight excluding hydrogens is 190 g/mol. The Balaban J connectivity index is 2.89. The monoisotopic (exact) mass is 205 g/mol. The lowest BCUT2D eigenvalue weighted by molar-refractivity contribution is 1.02. The number of nitrogens with zero attached hydrogens (tertiary/aromatic N) is 1. The van der Waals surface area contributed by atoms with Gasteiger partial charge in [0.1, 0.15) is 0 Å². The second kappa shape index (κ2) is 5.66. The van der Waals surface area contributed by atoms with Crippen molar-refractivity contribution in [3.05, 3.63) is 43.0 Å². The van der Waals surface area contributed by atoms with E-state index in [2.05, 4.69) is 18.5 Å². The first-order valence-corrected chi connectivity index (χ1v) is 5.80. The molecule has 74 valence electrons. The molecule has 0 aromatic heterocycles. The van der Waals surface area contributed by atoms with Crippen LogP contribution in [0.1, 0.15) is 6.92 Å². The zero-order valence-corrected chi connectivity index (χ0v) is 9.42. The van der Waals surface area contributed by atoms with Gasteiger partial charge in [-0.05, 0) is 18.4 Å². The highest BCUT2D eigenvalue weighted by atomic mass is 32.2. The summed E-state index contributed by atoms with van der Waals surface area (Å²) in [6.07, 6.45) is 3.96. The van der Waals surface area contributed by atoms with Crippen molar-refractivity contribution in [2.45, 2.75) is 6.92 Å². The van der Waals surface area contributed by atoms with Crippen LogP contribution in [0.2, 0.25) is 0 Å². The van der Waals surface area contributed by atoms with Crippen LogP contribution >= 0.6 is 11.8 Å². The fourth-order valence-corrected chi connectivity index (χ4v) is 1.73. The van der Waals surface area contributed by atoms with Crippen LogP contribution < -0.4 is 0 Å². The van der Waals surface area contributed by atoms with Gasteiger partial charge in [-0.15, -0.1) is 18.3 Å². The first kappa shape index (κ1) is 11.1. The normalized spacial score (nSPS) is 13.7. The third-order valence-corrected chi connectivity index (χ3v) is 2.83. The number of hydrogen-bond acceptors (Lipinski definition) is 2. The summed E-state index contributed by atoms with van der Waals surface area (Å²) in [5, 5.41) is 1.10. The van der Waals surface area contributed by atoms with Crippen LogP contribution in [0.4, 0.5) is 5.69 Å². The van der Waals surface area contributed by atoms with Crippen LogP contribution in [0.3, 0.4) is 0 Å². The predicted octanol–water partition coefficient (Wildman–Crippen LogP) is 3.90. The van der Waals surface area contributed by atoms with E-state index in [4.69, 9.17) is 0 Å². The average Bonchev–Trinajstić information content (AvgIpc) is 2.26. The largest absolute Gasteiger partial charge is 0.246 e. The van der Waals surface area contributed by atoms with Crippen molar-refractivity contribution < 1.29 is 0 Å². The Morgan fingerprint density at radius 2 is 2.07 bits per heavy atom. The molecule has 1 unspecified atom stereocenters. The summed E-state index contributed by atoms with van der Waals surface area (Å²) >= 11 is 1.68. The highest BCUT2D eigenvalue weighted by molar-refractivity contribution is 8.13. The number of hydrogen-bond donors (Lipinski definition) is 0. The average molecular weight is 205 g/mol. The Morgan fingerprint density at radius 1 is 1.43 bits per heavy atom. The first-order valence-electron chi connectivity index (χ1n) is 4.58. The van der Waals surface area contributed by atoms with Gasteiger partial charge in [0.25, 0.3) is 0 Å². The fraction of sp³-hybridized carbons (Fsp3) is 0.250. The highest BCUT2D eigenvalue weighted by Crippen LogP contribution is 2.18. The van der Waals surface area contributed by atoms with Gasteiger partial charge in [0, 0.05) is 5.92 Å². The van der Waals surface area contributed by atoms with Gasteiger partial charge in [0.05, 0.1) is 10.7 Å². The summed E-state index contributed by atoms with van der Waals surface area (Å²) in [7, 11) is 0. The van der Waals surface area contributed by atoms with Crippen LogP contribution in [0.15, 0.2) is 48.0 Å². The van der Waals surface area contributed by atoms with Gasteiger partial charge in [-0.3, -0.25) is 0 Å². The van der Waals surface area contributed by atoms with Crippen molar-refractivity contribution >= 4 is 22.5 Å². The minimum atomic E-state index is 0.324. The SMILES string of the molecule is C=CC(C)C(=Nc1ccccc1)SC. The van der Waals surface area contributed by atoms with E-state index < -0.39 is 0 Å². The molecule has 1 nitrogen and oxygen atoms in total. The summed E-state index contributed by atoms with van der Waals surface area (Å²) in [5.74, 6) is 0.324. The van der Waals surface area contributed by atoms with E-state index in [9.17, 15) is 0 Å². The maximum Gasteiger partial charge on any atom is 0.0801 e. The molecule has 1 rings (SSSR count). The summed E-state index contributed by atoms with van der Waals surface area (Å²) in [4.78, 5) is 4.56. The third kappa shape index (κ3) is 3.04. The molecule has 0 aliphatic heterocycles. The molecule has 0 N–H and O–H groups in total. The van der Waals surface area contributed by atoms with Gasteiger partial charge in [0.2, 0.25) is 0 Å². The molecule has 1 atom stereocenters. The molecule has 0 amide bonds. The van der Waals surface area contributed by atoms with E-state index >= 15 is 0 Å². The number of benzene rings is 1. The maximum absolute atomic E-state index is 4.56. The Labute approximate surface area is 89.9 Å². The van der Waals surface area contributed by atoms with E-state index in [0.717, 1.165) is 10.7 Å². The number of aliphatic imine (C=N–C) groups is 1. The number of thioether (sulfide) groups is 1. The topological polar surface area (TPSA) is 12.4 Å². The van der Waals surface area contributed by atoms with Gasteiger partial charge in [0.15, 0.2) is 0 Å². The Hall–Kier alpha value is -1.02. The quantitative estimate of drug-likeness (QED) is 0.414. The minimum absolute atomic E-state index is 0.324. The highest BCUT2D eigenvalue weighted by Gasteiger charge is 2.04. The predicted molar refractivity (Wildman–Crippen MR) is 66.4 cm³/mol.